The second kappa shape index (κ2) is 7.54. The number of pyridine rings is 1. The second-order valence-corrected chi connectivity index (χ2v) is 7.60. The Bertz CT molecular complexity index is 1130. The van der Waals surface area contributed by atoms with Crippen molar-refractivity contribution in [2.75, 3.05) is 13.1 Å². The van der Waals surface area contributed by atoms with Gasteiger partial charge in [0.05, 0.1) is 12.2 Å². The van der Waals surface area contributed by atoms with E-state index >= 15 is 0 Å². The van der Waals surface area contributed by atoms with Gasteiger partial charge in [-0.15, -0.1) is 0 Å². The summed E-state index contributed by atoms with van der Waals surface area (Å²) in [6.45, 7) is 2.18. The molecule has 4 aromatic rings. The van der Waals surface area contributed by atoms with Gasteiger partial charge in [0.1, 0.15) is 5.82 Å². The highest BCUT2D eigenvalue weighted by Crippen LogP contribution is 2.27. The monoisotopic (exact) mass is 385 g/mol. The maximum atomic E-state index is 13.1. The summed E-state index contributed by atoms with van der Waals surface area (Å²) in [4.78, 5) is 27.3. The summed E-state index contributed by atoms with van der Waals surface area (Å²) in [7, 11) is 0. The van der Waals surface area contributed by atoms with Crippen molar-refractivity contribution in [1.82, 2.24) is 24.4 Å². The Hall–Kier alpha value is -3.41. The van der Waals surface area contributed by atoms with E-state index in [9.17, 15) is 4.79 Å². The molecule has 0 saturated carbocycles. The van der Waals surface area contributed by atoms with E-state index in [4.69, 9.17) is 0 Å². The van der Waals surface area contributed by atoms with Gasteiger partial charge in [-0.3, -0.25) is 9.78 Å². The number of H-pyrrole nitrogens is 1. The summed E-state index contributed by atoms with van der Waals surface area (Å²) in [6, 6.07) is 13.8. The van der Waals surface area contributed by atoms with E-state index in [0.29, 0.717) is 13.1 Å². The zero-order valence-electron chi connectivity index (χ0n) is 16.2. The third-order valence-corrected chi connectivity index (χ3v) is 5.68. The quantitative estimate of drug-likeness (QED) is 0.581. The highest BCUT2D eigenvalue weighted by molar-refractivity contribution is 5.98. The van der Waals surface area contributed by atoms with Gasteiger partial charge in [-0.1, -0.05) is 12.1 Å². The normalized spacial score (nSPS) is 17.0. The SMILES string of the molecule is O=C(c1ccc2cc[nH]c2c1)N1CCCC(c2nccn2Cc2ccccn2)C1. The number of nitrogens with one attached hydrogen (secondary N) is 1. The van der Waals surface area contributed by atoms with Crippen molar-refractivity contribution in [3.8, 4) is 0 Å². The third-order valence-electron chi connectivity index (χ3n) is 5.68. The molecule has 0 bridgehead atoms. The Morgan fingerprint density at radius 2 is 2.10 bits per heavy atom. The number of benzene rings is 1. The molecule has 3 aromatic heterocycles. The molecule has 1 unspecified atom stereocenters. The van der Waals surface area contributed by atoms with Crippen LogP contribution in [0.25, 0.3) is 10.9 Å². The van der Waals surface area contributed by atoms with E-state index in [1.165, 1.54) is 0 Å². The first-order valence-corrected chi connectivity index (χ1v) is 10.1. The van der Waals surface area contributed by atoms with Crippen LogP contribution in [0.3, 0.4) is 0 Å². The first-order chi connectivity index (χ1) is 14.3. The molecule has 4 heterocycles. The number of likely N-dealkylation sites (tertiary alicyclic amines) is 1. The molecule has 5 rings (SSSR count). The zero-order chi connectivity index (χ0) is 19.6. The van der Waals surface area contributed by atoms with Gasteiger partial charge in [0.2, 0.25) is 0 Å². The van der Waals surface area contributed by atoms with E-state index < -0.39 is 0 Å². The predicted octanol–water partition coefficient (Wildman–Crippen LogP) is 3.83. The Balaban J connectivity index is 1.34. The van der Waals surface area contributed by atoms with Crippen LogP contribution < -0.4 is 0 Å². The highest BCUT2D eigenvalue weighted by atomic mass is 16.2. The van der Waals surface area contributed by atoms with E-state index in [1.54, 1.807) is 0 Å². The van der Waals surface area contributed by atoms with Crippen LogP contribution >= 0.6 is 0 Å². The van der Waals surface area contributed by atoms with Crippen molar-refractivity contribution >= 4 is 16.8 Å². The number of carbonyl (C=O) groups is 1. The molecular formula is C23H23N5O. The molecule has 0 spiro atoms. The van der Waals surface area contributed by atoms with E-state index in [0.717, 1.165) is 47.4 Å². The molecule has 6 nitrogen and oxygen atoms in total. The van der Waals surface area contributed by atoms with Gasteiger partial charge in [0.25, 0.3) is 5.91 Å². The Kier molecular flexibility index (Phi) is 4.60. The molecule has 1 amide bonds. The number of fused-ring (bicyclic) bond motifs is 1. The Morgan fingerprint density at radius 3 is 3.00 bits per heavy atom. The van der Waals surface area contributed by atoms with Gasteiger partial charge in [-0.05, 0) is 48.6 Å². The molecule has 1 aliphatic heterocycles. The first-order valence-electron chi connectivity index (χ1n) is 10.1. The van der Waals surface area contributed by atoms with Crippen LogP contribution in [0.2, 0.25) is 0 Å². The Labute approximate surface area is 169 Å². The average Bonchev–Trinajstić information content (AvgIpc) is 3.43. The van der Waals surface area contributed by atoms with Crippen LogP contribution in [0.1, 0.15) is 40.6 Å². The Morgan fingerprint density at radius 1 is 1.14 bits per heavy atom. The number of aromatic nitrogens is 4. The van der Waals surface area contributed by atoms with Crippen molar-refractivity contribution in [2.24, 2.45) is 0 Å². The van der Waals surface area contributed by atoms with Crippen LogP contribution in [0.4, 0.5) is 0 Å². The number of hydrogen-bond acceptors (Lipinski definition) is 3. The van der Waals surface area contributed by atoms with Crippen LogP contribution in [0.5, 0.6) is 0 Å². The minimum Gasteiger partial charge on any atom is -0.361 e. The molecule has 1 saturated heterocycles. The lowest BCUT2D eigenvalue weighted by Crippen LogP contribution is -2.39. The molecule has 1 atom stereocenters. The van der Waals surface area contributed by atoms with Crippen molar-refractivity contribution in [3.05, 3.63) is 84.3 Å². The molecule has 0 radical (unpaired) electrons. The second-order valence-electron chi connectivity index (χ2n) is 7.60. The van der Waals surface area contributed by atoms with Gasteiger partial charge in [0, 0.05) is 54.9 Å². The van der Waals surface area contributed by atoms with Crippen molar-refractivity contribution in [1.29, 1.82) is 0 Å². The number of rotatable bonds is 4. The minimum atomic E-state index is 0.0917. The average molecular weight is 385 g/mol. The fraction of sp³-hybridized carbons (Fsp3) is 0.261. The minimum absolute atomic E-state index is 0.0917. The number of imidazole rings is 1. The van der Waals surface area contributed by atoms with Crippen LogP contribution in [0.15, 0.2) is 67.3 Å². The summed E-state index contributed by atoms with van der Waals surface area (Å²) in [5, 5.41) is 1.12. The van der Waals surface area contributed by atoms with Crippen molar-refractivity contribution < 1.29 is 4.79 Å². The number of aromatic amines is 1. The molecule has 1 aromatic carbocycles. The standard InChI is InChI=1S/C23H23N5O/c29-23(18-7-6-17-8-10-25-21(17)14-18)28-12-3-4-19(15-28)22-26-11-13-27(22)16-20-5-1-2-9-24-20/h1-2,5-11,13-14,19,25H,3-4,12,15-16H2. The van der Waals surface area contributed by atoms with E-state index in [2.05, 4.69) is 19.5 Å². The summed E-state index contributed by atoms with van der Waals surface area (Å²) in [5.41, 5.74) is 2.74. The lowest BCUT2D eigenvalue weighted by Gasteiger charge is -2.32. The van der Waals surface area contributed by atoms with E-state index in [1.807, 2.05) is 72.2 Å². The lowest BCUT2D eigenvalue weighted by molar-refractivity contribution is 0.0703. The molecule has 1 aliphatic rings. The van der Waals surface area contributed by atoms with Crippen molar-refractivity contribution in [2.45, 2.75) is 25.3 Å². The van der Waals surface area contributed by atoms with E-state index in [-0.39, 0.29) is 11.8 Å². The molecule has 29 heavy (non-hydrogen) atoms. The van der Waals surface area contributed by atoms with Gasteiger partial charge in [0.15, 0.2) is 0 Å². The topological polar surface area (TPSA) is 66.8 Å². The number of carbonyl (C=O) groups excluding carboxylic acids is 1. The van der Waals surface area contributed by atoms with Crippen LogP contribution in [-0.4, -0.2) is 43.4 Å². The van der Waals surface area contributed by atoms with Crippen LogP contribution in [-0.2, 0) is 6.54 Å². The van der Waals surface area contributed by atoms with Gasteiger partial charge < -0.3 is 14.5 Å². The smallest absolute Gasteiger partial charge is 0.253 e. The lowest BCUT2D eigenvalue weighted by atomic mass is 9.96. The zero-order valence-corrected chi connectivity index (χ0v) is 16.2. The number of hydrogen-bond donors (Lipinski definition) is 1. The summed E-state index contributed by atoms with van der Waals surface area (Å²) in [5.74, 6) is 1.36. The maximum absolute atomic E-state index is 13.1. The molecule has 1 N–H and O–H groups in total. The van der Waals surface area contributed by atoms with Gasteiger partial charge in [-0.25, -0.2) is 4.98 Å². The number of nitrogens with zero attached hydrogens (tertiary/aromatic N) is 4. The third kappa shape index (κ3) is 3.53. The fourth-order valence-corrected chi connectivity index (χ4v) is 4.22. The van der Waals surface area contributed by atoms with Crippen LogP contribution in [0, 0.1) is 0 Å². The number of amides is 1. The maximum Gasteiger partial charge on any atom is 0.253 e. The molecule has 0 aliphatic carbocycles. The summed E-state index contributed by atoms with van der Waals surface area (Å²) >= 11 is 0. The van der Waals surface area contributed by atoms with Crippen molar-refractivity contribution in [3.63, 3.8) is 0 Å². The predicted molar refractivity (Wildman–Crippen MR) is 112 cm³/mol. The summed E-state index contributed by atoms with van der Waals surface area (Å²) in [6.07, 6.45) is 9.59. The van der Waals surface area contributed by atoms with Gasteiger partial charge >= 0.3 is 0 Å². The first kappa shape index (κ1) is 17.7. The number of piperidine rings is 1. The summed E-state index contributed by atoms with van der Waals surface area (Å²) < 4.78 is 2.16. The molecular weight excluding hydrogens is 362 g/mol. The van der Waals surface area contributed by atoms with Gasteiger partial charge in [-0.2, -0.15) is 0 Å². The molecule has 1 fully saturated rings. The largest absolute Gasteiger partial charge is 0.361 e. The molecule has 146 valence electrons. The highest BCUT2D eigenvalue weighted by Gasteiger charge is 2.28. The fourth-order valence-electron chi connectivity index (χ4n) is 4.22. The molecule has 6 heteroatoms.